The van der Waals surface area contributed by atoms with E-state index in [1.54, 1.807) is 18.2 Å². The molecular weight excluding hydrogens is 190 g/mol. The van der Waals surface area contributed by atoms with Gasteiger partial charge < -0.3 is 10.5 Å². The maximum absolute atomic E-state index is 11.1. The monoisotopic (exact) mass is 201 g/mol. The van der Waals surface area contributed by atoms with Gasteiger partial charge in [0.1, 0.15) is 0 Å². The van der Waals surface area contributed by atoms with Crippen molar-refractivity contribution in [2.45, 2.75) is 6.92 Å². The van der Waals surface area contributed by atoms with Crippen LogP contribution in [0.4, 0.5) is 5.69 Å². The summed E-state index contributed by atoms with van der Waals surface area (Å²) in [5.41, 5.74) is 7.48. The number of carbonyl (C=O) groups is 1. The highest BCUT2D eigenvalue weighted by atomic mass is 35.5. The summed E-state index contributed by atoms with van der Waals surface area (Å²) in [6.07, 6.45) is 0. The van der Waals surface area contributed by atoms with Crippen LogP contribution in [0.25, 0.3) is 0 Å². The van der Waals surface area contributed by atoms with E-state index in [4.69, 9.17) is 5.73 Å². The van der Waals surface area contributed by atoms with Gasteiger partial charge in [0.25, 0.3) is 0 Å². The van der Waals surface area contributed by atoms with E-state index in [1.165, 1.54) is 7.11 Å². The van der Waals surface area contributed by atoms with Crippen molar-refractivity contribution in [1.82, 2.24) is 0 Å². The number of hydrogen-bond donors (Lipinski definition) is 1. The lowest BCUT2D eigenvalue weighted by Gasteiger charge is -2.03. The van der Waals surface area contributed by atoms with Crippen LogP contribution in [0.1, 0.15) is 15.9 Å². The highest BCUT2D eigenvalue weighted by Gasteiger charge is 2.08. The zero-order chi connectivity index (χ0) is 9.14. The Kier molecular flexibility index (Phi) is 4.28. The number of rotatable bonds is 1. The first-order chi connectivity index (χ1) is 5.65. The van der Waals surface area contributed by atoms with Gasteiger partial charge in [0.15, 0.2) is 0 Å². The highest BCUT2D eigenvalue weighted by Crippen LogP contribution is 2.13. The number of esters is 1. The second-order valence-electron chi connectivity index (χ2n) is 2.57. The molecule has 0 aliphatic heterocycles. The van der Waals surface area contributed by atoms with E-state index in [0.717, 1.165) is 5.56 Å². The van der Waals surface area contributed by atoms with Gasteiger partial charge in [-0.15, -0.1) is 12.4 Å². The first-order valence-corrected chi connectivity index (χ1v) is 3.59. The van der Waals surface area contributed by atoms with Gasteiger partial charge in [-0.1, -0.05) is 6.07 Å². The lowest BCUT2D eigenvalue weighted by Crippen LogP contribution is -2.04. The van der Waals surface area contributed by atoms with Gasteiger partial charge in [0, 0.05) is 5.69 Å². The van der Waals surface area contributed by atoms with Crippen molar-refractivity contribution in [3.8, 4) is 0 Å². The molecular formula is C9H12ClNO2. The molecule has 0 unspecified atom stereocenters. The molecule has 1 aromatic carbocycles. The van der Waals surface area contributed by atoms with Crippen LogP contribution in [0.5, 0.6) is 0 Å². The van der Waals surface area contributed by atoms with Crippen molar-refractivity contribution in [1.29, 1.82) is 0 Å². The fraction of sp³-hybridized carbons (Fsp3) is 0.222. The molecule has 0 radical (unpaired) electrons. The number of carbonyl (C=O) groups excluding carboxylic acids is 1. The molecule has 0 heterocycles. The minimum absolute atomic E-state index is 0. The molecule has 0 bridgehead atoms. The van der Waals surface area contributed by atoms with Gasteiger partial charge in [-0.3, -0.25) is 0 Å². The van der Waals surface area contributed by atoms with Crippen LogP contribution in [0, 0.1) is 6.92 Å². The van der Waals surface area contributed by atoms with Crippen LogP contribution in [0.2, 0.25) is 0 Å². The lowest BCUT2D eigenvalue weighted by molar-refractivity contribution is 0.0600. The summed E-state index contributed by atoms with van der Waals surface area (Å²) in [6, 6.07) is 5.16. The largest absolute Gasteiger partial charge is 0.465 e. The highest BCUT2D eigenvalue weighted by molar-refractivity contribution is 5.91. The average Bonchev–Trinajstić information content (AvgIpc) is 2.08. The van der Waals surface area contributed by atoms with Gasteiger partial charge in [0.2, 0.25) is 0 Å². The summed E-state index contributed by atoms with van der Waals surface area (Å²) in [7, 11) is 1.35. The van der Waals surface area contributed by atoms with E-state index >= 15 is 0 Å². The SMILES string of the molecule is COC(=O)c1cc(N)ccc1C.Cl. The first kappa shape index (κ1) is 11.8. The molecule has 1 aromatic rings. The van der Waals surface area contributed by atoms with Crippen molar-refractivity contribution in [3.63, 3.8) is 0 Å². The topological polar surface area (TPSA) is 52.3 Å². The molecule has 1 rings (SSSR count). The quantitative estimate of drug-likeness (QED) is 0.557. The molecule has 2 N–H and O–H groups in total. The lowest BCUT2D eigenvalue weighted by atomic mass is 10.1. The number of ether oxygens (including phenoxy) is 1. The van der Waals surface area contributed by atoms with Gasteiger partial charge in [-0.05, 0) is 24.6 Å². The number of hydrogen-bond acceptors (Lipinski definition) is 3. The van der Waals surface area contributed by atoms with Crippen molar-refractivity contribution in [2.24, 2.45) is 0 Å². The molecule has 3 nitrogen and oxygen atoms in total. The summed E-state index contributed by atoms with van der Waals surface area (Å²) in [5, 5.41) is 0. The molecule has 0 fully saturated rings. The molecule has 0 aliphatic rings. The molecule has 0 aliphatic carbocycles. The summed E-state index contributed by atoms with van der Waals surface area (Å²) < 4.78 is 4.58. The molecule has 4 heteroatoms. The van der Waals surface area contributed by atoms with Crippen LogP contribution in [-0.2, 0) is 4.74 Å². The number of halogens is 1. The van der Waals surface area contributed by atoms with Crippen molar-refractivity contribution < 1.29 is 9.53 Å². The fourth-order valence-electron chi connectivity index (χ4n) is 0.969. The third kappa shape index (κ3) is 2.63. The van der Waals surface area contributed by atoms with E-state index in [2.05, 4.69) is 4.74 Å². The molecule has 13 heavy (non-hydrogen) atoms. The third-order valence-corrected chi connectivity index (χ3v) is 1.67. The second kappa shape index (κ2) is 4.72. The molecule has 0 saturated carbocycles. The number of nitrogen functional groups attached to an aromatic ring is 1. The van der Waals surface area contributed by atoms with E-state index in [1.807, 2.05) is 6.92 Å². The predicted molar refractivity (Wildman–Crippen MR) is 54.2 cm³/mol. The van der Waals surface area contributed by atoms with E-state index in [9.17, 15) is 4.79 Å². The number of methoxy groups -OCH3 is 1. The maximum atomic E-state index is 11.1. The smallest absolute Gasteiger partial charge is 0.338 e. The fourth-order valence-corrected chi connectivity index (χ4v) is 0.969. The Morgan fingerprint density at radius 2 is 2.08 bits per heavy atom. The number of nitrogens with two attached hydrogens (primary N) is 1. The molecule has 0 spiro atoms. The maximum Gasteiger partial charge on any atom is 0.338 e. The number of benzene rings is 1. The van der Waals surface area contributed by atoms with Crippen LogP contribution >= 0.6 is 12.4 Å². The van der Waals surface area contributed by atoms with Crippen molar-refractivity contribution in [2.75, 3.05) is 12.8 Å². The van der Waals surface area contributed by atoms with E-state index in [0.29, 0.717) is 11.3 Å². The van der Waals surface area contributed by atoms with Crippen LogP contribution in [0.3, 0.4) is 0 Å². The van der Waals surface area contributed by atoms with E-state index < -0.39 is 0 Å². The van der Waals surface area contributed by atoms with Crippen LogP contribution < -0.4 is 5.73 Å². The summed E-state index contributed by atoms with van der Waals surface area (Å²) in [6.45, 7) is 1.84. The molecule has 0 amide bonds. The zero-order valence-electron chi connectivity index (χ0n) is 7.53. The third-order valence-electron chi connectivity index (χ3n) is 1.67. The Bertz CT molecular complexity index is 312. The molecule has 0 saturated heterocycles. The Balaban J connectivity index is 0.00000144. The van der Waals surface area contributed by atoms with Crippen LogP contribution in [-0.4, -0.2) is 13.1 Å². The minimum atomic E-state index is -0.347. The Hall–Kier alpha value is -1.22. The molecule has 72 valence electrons. The summed E-state index contributed by atoms with van der Waals surface area (Å²) in [5.74, 6) is -0.347. The van der Waals surface area contributed by atoms with Crippen molar-refractivity contribution in [3.05, 3.63) is 29.3 Å². The predicted octanol–water partition coefficient (Wildman–Crippen LogP) is 1.79. The second-order valence-corrected chi connectivity index (χ2v) is 2.57. The van der Waals surface area contributed by atoms with Crippen LogP contribution in [0.15, 0.2) is 18.2 Å². The summed E-state index contributed by atoms with van der Waals surface area (Å²) >= 11 is 0. The molecule has 0 aromatic heterocycles. The number of anilines is 1. The van der Waals surface area contributed by atoms with Gasteiger partial charge in [-0.2, -0.15) is 0 Å². The standard InChI is InChI=1S/C9H11NO2.ClH/c1-6-3-4-7(10)5-8(6)9(11)12-2;/h3-5H,10H2,1-2H3;1H. The normalized spacial score (nSPS) is 8.77. The van der Waals surface area contributed by atoms with Gasteiger partial charge >= 0.3 is 5.97 Å². The first-order valence-electron chi connectivity index (χ1n) is 3.59. The Morgan fingerprint density at radius 3 is 2.62 bits per heavy atom. The van der Waals surface area contributed by atoms with Gasteiger partial charge in [0.05, 0.1) is 12.7 Å². The molecule has 0 atom stereocenters. The Morgan fingerprint density at radius 1 is 1.46 bits per heavy atom. The zero-order valence-corrected chi connectivity index (χ0v) is 8.35. The minimum Gasteiger partial charge on any atom is -0.465 e. The number of aryl methyl sites for hydroxylation is 1. The summed E-state index contributed by atoms with van der Waals surface area (Å²) in [4.78, 5) is 11.1. The average molecular weight is 202 g/mol. The van der Waals surface area contributed by atoms with E-state index in [-0.39, 0.29) is 18.4 Å². The Labute approximate surface area is 83.3 Å². The van der Waals surface area contributed by atoms with Crippen molar-refractivity contribution >= 4 is 24.1 Å². The van der Waals surface area contributed by atoms with Gasteiger partial charge in [-0.25, -0.2) is 4.79 Å².